The lowest BCUT2D eigenvalue weighted by atomic mass is 10.1. The second kappa shape index (κ2) is 9.27. The molecule has 4 aromatic rings. The molecule has 0 radical (unpaired) electrons. The van der Waals surface area contributed by atoms with Gasteiger partial charge in [0.2, 0.25) is 5.91 Å². The van der Waals surface area contributed by atoms with Crippen molar-refractivity contribution >= 4 is 22.6 Å². The van der Waals surface area contributed by atoms with Gasteiger partial charge in [-0.1, -0.05) is 30.3 Å². The van der Waals surface area contributed by atoms with Crippen molar-refractivity contribution in [2.24, 2.45) is 0 Å². The molecule has 2 heterocycles. The number of carbonyl (C=O) groups excluding carboxylic acids is 1. The van der Waals surface area contributed by atoms with Crippen LogP contribution in [0.1, 0.15) is 23.7 Å². The van der Waals surface area contributed by atoms with Gasteiger partial charge in [-0.25, -0.2) is 9.37 Å². The van der Waals surface area contributed by atoms with Crippen LogP contribution in [0.15, 0.2) is 72.8 Å². The van der Waals surface area contributed by atoms with Gasteiger partial charge in [0, 0.05) is 24.6 Å². The zero-order valence-electron chi connectivity index (χ0n) is 18.9. The van der Waals surface area contributed by atoms with Crippen LogP contribution < -0.4 is 9.64 Å². The molecule has 0 spiro atoms. The molecule has 5 rings (SSSR count). The van der Waals surface area contributed by atoms with E-state index in [-0.39, 0.29) is 37.2 Å². The Hall–Kier alpha value is -3.71. The number of ether oxygens (including phenoxy) is 1. The van der Waals surface area contributed by atoms with Gasteiger partial charge in [0.1, 0.15) is 30.1 Å². The third-order valence-corrected chi connectivity index (χ3v) is 6.12. The number of carbonyl (C=O) groups is 1. The number of aromatic nitrogens is 2. The lowest BCUT2D eigenvalue weighted by Gasteiger charge is -2.19. The van der Waals surface area contributed by atoms with E-state index in [9.17, 15) is 14.3 Å². The highest BCUT2D eigenvalue weighted by Crippen LogP contribution is 2.33. The van der Waals surface area contributed by atoms with E-state index in [0.717, 1.165) is 22.4 Å². The summed E-state index contributed by atoms with van der Waals surface area (Å²) in [6, 6.07) is 21.5. The van der Waals surface area contributed by atoms with Crippen LogP contribution in [0.4, 0.5) is 10.1 Å². The number of rotatable bonds is 7. The smallest absolute Gasteiger partial charge is 0.227 e. The summed E-state index contributed by atoms with van der Waals surface area (Å²) in [6.07, 6.45) is -0.497. The number of aryl methyl sites for hydroxylation is 1. The summed E-state index contributed by atoms with van der Waals surface area (Å²) in [5, 5.41) is 10.8. The molecular formula is C27H26FN3O3. The molecule has 34 heavy (non-hydrogen) atoms. The van der Waals surface area contributed by atoms with Crippen molar-refractivity contribution in [2.75, 3.05) is 18.1 Å². The number of benzene rings is 3. The highest BCUT2D eigenvalue weighted by atomic mass is 19.1. The van der Waals surface area contributed by atoms with Gasteiger partial charge in [-0.3, -0.25) is 4.79 Å². The van der Waals surface area contributed by atoms with E-state index in [2.05, 4.69) is 0 Å². The van der Waals surface area contributed by atoms with Crippen LogP contribution in [0.2, 0.25) is 0 Å². The van der Waals surface area contributed by atoms with Crippen LogP contribution in [0, 0.1) is 12.7 Å². The zero-order chi connectivity index (χ0) is 23.7. The number of fused-ring (bicyclic) bond motifs is 1. The maximum Gasteiger partial charge on any atom is 0.227 e. The maximum atomic E-state index is 13.7. The van der Waals surface area contributed by atoms with Crippen LogP contribution in [0.25, 0.3) is 11.0 Å². The second-order valence-electron chi connectivity index (χ2n) is 8.74. The fourth-order valence-corrected chi connectivity index (χ4v) is 4.53. The summed E-state index contributed by atoms with van der Waals surface area (Å²) >= 11 is 0. The molecule has 1 aliphatic heterocycles. The van der Waals surface area contributed by atoms with E-state index in [1.54, 1.807) is 17.0 Å². The Labute approximate surface area is 197 Å². The van der Waals surface area contributed by atoms with Crippen LogP contribution in [0.3, 0.4) is 0 Å². The van der Waals surface area contributed by atoms with Crippen molar-refractivity contribution in [3.63, 3.8) is 0 Å². The first-order chi connectivity index (χ1) is 16.5. The number of hydrogen-bond acceptors (Lipinski definition) is 4. The molecule has 1 fully saturated rings. The molecular weight excluding hydrogens is 433 g/mol. The number of anilines is 1. The summed E-state index contributed by atoms with van der Waals surface area (Å²) < 4.78 is 21.5. The Bertz CT molecular complexity index is 1340. The molecule has 174 valence electrons. The van der Waals surface area contributed by atoms with Crippen LogP contribution in [-0.2, 0) is 11.3 Å². The molecule has 1 N–H and O–H groups in total. The number of aliphatic hydroxyl groups excluding tert-OH is 1. The Morgan fingerprint density at radius 1 is 1.12 bits per heavy atom. The highest BCUT2D eigenvalue weighted by molar-refractivity contribution is 5.96. The lowest BCUT2D eigenvalue weighted by molar-refractivity contribution is -0.117. The third kappa shape index (κ3) is 4.52. The number of hydrogen-bond donors (Lipinski definition) is 1. The molecule has 1 aliphatic rings. The minimum atomic E-state index is -0.770. The number of amides is 1. The maximum absolute atomic E-state index is 13.7. The Balaban J connectivity index is 1.38. The largest absolute Gasteiger partial charge is 0.491 e. The first-order valence-electron chi connectivity index (χ1n) is 11.4. The van der Waals surface area contributed by atoms with Gasteiger partial charge in [0.25, 0.3) is 0 Å². The fraction of sp³-hybridized carbons (Fsp3) is 0.259. The lowest BCUT2D eigenvalue weighted by Crippen LogP contribution is -2.26. The highest BCUT2D eigenvalue weighted by Gasteiger charge is 2.35. The van der Waals surface area contributed by atoms with Gasteiger partial charge >= 0.3 is 0 Å². The molecule has 0 bridgehead atoms. The number of nitrogens with zero attached hydrogens (tertiary/aromatic N) is 3. The summed E-state index contributed by atoms with van der Waals surface area (Å²) in [7, 11) is 0. The number of halogens is 1. The SMILES string of the molecule is Cc1cccc(OC[C@@H](O)Cn2c([C@H]3CC(=O)N(c4cccc(F)c4)C3)nc3ccccc32)c1. The average Bonchev–Trinajstić information content (AvgIpc) is 3.38. The van der Waals surface area contributed by atoms with E-state index in [1.807, 2.05) is 60.0 Å². The number of imidazole rings is 1. The molecule has 0 saturated carbocycles. The molecule has 2 atom stereocenters. The van der Waals surface area contributed by atoms with Crippen LogP contribution >= 0.6 is 0 Å². The first kappa shape index (κ1) is 22.1. The van der Waals surface area contributed by atoms with Gasteiger partial charge in [0.05, 0.1) is 17.6 Å². The van der Waals surface area contributed by atoms with E-state index in [4.69, 9.17) is 9.72 Å². The molecule has 1 saturated heterocycles. The van der Waals surface area contributed by atoms with Crippen LogP contribution in [-0.4, -0.2) is 39.8 Å². The molecule has 1 aromatic heterocycles. The average molecular weight is 460 g/mol. The Morgan fingerprint density at radius 2 is 1.94 bits per heavy atom. The van der Waals surface area contributed by atoms with E-state index in [0.29, 0.717) is 18.0 Å². The monoisotopic (exact) mass is 459 g/mol. The Morgan fingerprint density at radius 3 is 2.76 bits per heavy atom. The summed E-state index contributed by atoms with van der Waals surface area (Å²) in [5.41, 5.74) is 3.33. The van der Waals surface area contributed by atoms with Crippen molar-refractivity contribution in [2.45, 2.75) is 31.9 Å². The molecule has 0 aliphatic carbocycles. The predicted molar refractivity (Wildman–Crippen MR) is 129 cm³/mol. The summed E-state index contributed by atoms with van der Waals surface area (Å²) in [5.74, 6) is 0.827. The molecule has 7 heteroatoms. The summed E-state index contributed by atoms with van der Waals surface area (Å²) in [6.45, 7) is 2.81. The van der Waals surface area contributed by atoms with Gasteiger partial charge < -0.3 is 19.3 Å². The van der Waals surface area contributed by atoms with Crippen LogP contribution in [0.5, 0.6) is 5.75 Å². The van der Waals surface area contributed by atoms with Gasteiger partial charge in [-0.15, -0.1) is 0 Å². The van der Waals surface area contributed by atoms with E-state index in [1.165, 1.54) is 12.1 Å². The number of para-hydroxylation sites is 2. The minimum absolute atomic E-state index is 0.0717. The predicted octanol–water partition coefficient (Wildman–Crippen LogP) is 4.44. The second-order valence-corrected chi connectivity index (χ2v) is 8.74. The molecule has 6 nitrogen and oxygen atoms in total. The van der Waals surface area contributed by atoms with Crippen molar-refractivity contribution in [1.29, 1.82) is 0 Å². The van der Waals surface area contributed by atoms with E-state index >= 15 is 0 Å². The standard InChI is InChI=1S/C27H26FN3O3/c1-18-6-4-9-23(12-18)34-17-22(32)16-31-25-11-3-2-10-24(25)29-27(31)19-13-26(33)30(15-19)21-8-5-7-20(28)14-21/h2-12,14,19,22,32H,13,15-17H2,1H3/t19-,22-/m0/s1. The molecule has 3 aromatic carbocycles. The van der Waals surface area contributed by atoms with Gasteiger partial charge in [-0.05, 0) is 55.0 Å². The zero-order valence-corrected chi connectivity index (χ0v) is 18.9. The normalized spacial score (nSPS) is 16.9. The topological polar surface area (TPSA) is 67.6 Å². The van der Waals surface area contributed by atoms with Gasteiger partial charge in [-0.2, -0.15) is 0 Å². The number of aliphatic hydroxyl groups is 1. The summed E-state index contributed by atoms with van der Waals surface area (Å²) in [4.78, 5) is 19.2. The Kier molecular flexibility index (Phi) is 6.02. The van der Waals surface area contributed by atoms with Crippen molar-refractivity contribution in [1.82, 2.24) is 9.55 Å². The van der Waals surface area contributed by atoms with E-state index < -0.39 is 6.10 Å². The minimum Gasteiger partial charge on any atom is -0.491 e. The van der Waals surface area contributed by atoms with Crippen molar-refractivity contribution < 1.29 is 19.0 Å². The quantitative estimate of drug-likeness (QED) is 0.444. The molecule has 0 unspecified atom stereocenters. The third-order valence-electron chi connectivity index (χ3n) is 6.12. The molecule has 1 amide bonds. The first-order valence-corrected chi connectivity index (χ1v) is 11.4. The fourth-order valence-electron chi connectivity index (χ4n) is 4.53. The van der Waals surface area contributed by atoms with Crippen molar-refractivity contribution in [3.8, 4) is 5.75 Å². The van der Waals surface area contributed by atoms with Crippen molar-refractivity contribution in [3.05, 3.63) is 90.0 Å². The van der Waals surface area contributed by atoms with Gasteiger partial charge in [0.15, 0.2) is 0 Å².